The van der Waals surface area contributed by atoms with E-state index in [4.69, 9.17) is 4.74 Å². The fraction of sp³-hybridized carbons (Fsp3) is 0.536. The Kier molecular flexibility index (Phi) is 10.4. The highest BCUT2D eigenvalue weighted by Crippen LogP contribution is 2.34. The lowest BCUT2D eigenvalue weighted by atomic mass is 9.78. The first-order chi connectivity index (χ1) is 15.1. The molecule has 0 atom stereocenters. The van der Waals surface area contributed by atoms with E-state index in [2.05, 4.69) is 41.6 Å². The molecular weight excluding hydrogens is 495 g/mol. The van der Waals surface area contributed by atoms with E-state index in [1.165, 1.54) is 76.2 Å². The van der Waals surface area contributed by atoms with E-state index in [0.717, 1.165) is 21.8 Å². The van der Waals surface area contributed by atoms with Crippen LogP contribution in [0, 0.1) is 15.4 Å². The number of aryl methyl sites for hydroxylation is 1. The summed E-state index contributed by atoms with van der Waals surface area (Å²) >= 11 is 2.24. The third kappa shape index (κ3) is 8.59. The third-order valence-corrected chi connectivity index (χ3v) is 7.44. The fourth-order valence-corrected chi connectivity index (χ4v) is 5.09. The highest BCUT2D eigenvalue weighted by Gasteiger charge is 2.20. The van der Waals surface area contributed by atoms with E-state index in [-0.39, 0.29) is 5.97 Å². The smallest absolute Gasteiger partial charge is 0.343 e. The van der Waals surface area contributed by atoms with Crippen LogP contribution >= 0.6 is 22.6 Å². The van der Waals surface area contributed by atoms with Crippen LogP contribution in [-0.2, 0) is 6.42 Å². The van der Waals surface area contributed by atoms with Gasteiger partial charge in [0.25, 0.3) is 0 Å². The molecule has 0 heterocycles. The summed E-state index contributed by atoms with van der Waals surface area (Å²) in [5.74, 6) is 2.27. The van der Waals surface area contributed by atoms with Gasteiger partial charge in [-0.3, -0.25) is 0 Å². The van der Waals surface area contributed by atoms with E-state index < -0.39 is 0 Å². The van der Waals surface area contributed by atoms with E-state index >= 15 is 0 Å². The van der Waals surface area contributed by atoms with E-state index in [9.17, 15) is 4.79 Å². The van der Waals surface area contributed by atoms with Gasteiger partial charge in [-0.1, -0.05) is 83.3 Å². The Labute approximate surface area is 202 Å². The molecule has 2 aromatic carbocycles. The molecule has 0 amide bonds. The normalized spacial score (nSPS) is 18.6. The van der Waals surface area contributed by atoms with Crippen molar-refractivity contribution in [1.29, 1.82) is 0 Å². The number of hydrogen-bond donors (Lipinski definition) is 0. The predicted octanol–water partition coefficient (Wildman–Crippen LogP) is 8.61. The molecule has 0 aliphatic heterocycles. The molecule has 0 bridgehead atoms. The Bertz CT molecular complexity index is 774. The van der Waals surface area contributed by atoms with Crippen molar-refractivity contribution in [1.82, 2.24) is 0 Å². The Morgan fingerprint density at radius 1 is 0.839 bits per heavy atom. The van der Waals surface area contributed by atoms with Gasteiger partial charge >= 0.3 is 5.97 Å². The second-order valence-corrected chi connectivity index (χ2v) is 10.4. The standard InChI is InChI=1S/C28H37IO2/c1-2-3-4-7-22-10-12-23(13-11-22)8-5-6-9-24-14-16-25(17-15-24)28(30)31-27-20-18-26(29)19-21-27/h14-23H,2-13H2,1H3. The average Bonchev–Trinajstić information content (AvgIpc) is 2.80. The van der Waals surface area contributed by atoms with Crippen molar-refractivity contribution >= 4 is 28.6 Å². The van der Waals surface area contributed by atoms with Gasteiger partial charge in [-0.25, -0.2) is 4.79 Å². The molecule has 0 unspecified atom stereocenters. The Morgan fingerprint density at radius 3 is 2.00 bits per heavy atom. The van der Waals surface area contributed by atoms with Gasteiger partial charge in [0.1, 0.15) is 5.75 Å². The first-order valence-corrected chi connectivity index (χ1v) is 13.3. The molecule has 3 heteroatoms. The zero-order chi connectivity index (χ0) is 21.9. The van der Waals surface area contributed by atoms with Crippen LogP contribution in [0.25, 0.3) is 0 Å². The van der Waals surface area contributed by atoms with Crippen molar-refractivity contribution in [3.63, 3.8) is 0 Å². The molecular formula is C28H37IO2. The van der Waals surface area contributed by atoms with Gasteiger partial charge in [-0.05, 0) is 89.2 Å². The summed E-state index contributed by atoms with van der Waals surface area (Å²) in [4.78, 5) is 12.3. The molecule has 168 valence electrons. The largest absolute Gasteiger partial charge is 0.423 e. The maximum absolute atomic E-state index is 12.3. The third-order valence-electron chi connectivity index (χ3n) is 6.72. The Hall–Kier alpha value is -1.36. The zero-order valence-electron chi connectivity index (χ0n) is 19.0. The SMILES string of the molecule is CCCCCC1CCC(CCCCc2ccc(C(=O)Oc3ccc(I)cc3)cc2)CC1. The quantitative estimate of drug-likeness (QED) is 0.125. The molecule has 0 saturated heterocycles. The van der Waals surface area contributed by atoms with Crippen LogP contribution in [0.3, 0.4) is 0 Å². The summed E-state index contributed by atoms with van der Waals surface area (Å²) in [6.45, 7) is 2.30. The first-order valence-electron chi connectivity index (χ1n) is 12.2. The number of carbonyl (C=O) groups excluding carboxylic acids is 1. The number of hydrogen-bond acceptors (Lipinski definition) is 2. The van der Waals surface area contributed by atoms with Gasteiger partial charge in [0.15, 0.2) is 0 Å². The number of benzene rings is 2. The lowest BCUT2D eigenvalue weighted by Gasteiger charge is -2.28. The molecule has 0 N–H and O–H groups in total. The van der Waals surface area contributed by atoms with Gasteiger partial charge in [0.05, 0.1) is 5.56 Å². The Morgan fingerprint density at radius 2 is 1.42 bits per heavy atom. The molecule has 2 nitrogen and oxygen atoms in total. The number of esters is 1. The van der Waals surface area contributed by atoms with Gasteiger partial charge < -0.3 is 4.74 Å². The molecule has 0 spiro atoms. The van der Waals surface area contributed by atoms with Crippen molar-refractivity contribution < 1.29 is 9.53 Å². The van der Waals surface area contributed by atoms with Crippen molar-refractivity contribution in [2.45, 2.75) is 84.0 Å². The predicted molar refractivity (Wildman–Crippen MR) is 138 cm³/mol. The summed E-state index contributed by atoms with van der Waals surface area (Å²) in [5, 5.41) is 0. The van der Waals surface area contributed by atoms with Gasteiger partial charge in [-0.15, -0.1) is 0 Å². The van der Waals surface area contributed by atoms with Crippen LogP contribution in [0.2, 0.25) is 0 Å². The summed E-state index contributed by atoms with van der Waals surface area (Å²) in [7, 11) is 0. The van der Waals surface area contributed by atoms with Gasteiger partial charge in [-0.2, -0.15) is 0 Å². The molecule has 1 saturated carbocycles. The van der Waals surface area contributed by atoms with Crippen LogP contribution in [0.5, 0.6) is 5.75 Å². The second-order valence-electron chi connectivity index (χ2n) is 9.17. The molecule has 1 aliphatic carbocycles. The molecule has 0 radical (unpaired) electrons. The van der Waals surface area contributed by atoms with Crippen molar-refractivity contribution in [2.75, 3.05) is 0 Å². The first kappa shape index (κ1) is 24.3. The minimum atomic E-state index is -0.293. The monoisotopic (exact) mass is 532 g/mol. The van der Waals surface area contributed by atoms with Crippen LogP contribution < -0.4 is 4.74 Å². The highest BCUT2D eigenvalue weighted by molar-refractivity contribution is 14.1. The van der Waals surface area contributed by atoms with Crippen LogP contribution in [0.4, 0.5) is 0 Å². The van der Waals surface area contributed by atoms with E-state index in [1.807, 2.05) is 36.4 Å². The van der Waals surface area contributed by atoms with E-state index in [1.54, 1.807) is 0 Å². The minimum Gasteiger partial charge on any atom is -0.423 e. The maximum atomic E-state index is 12.3. The number of carbonyl (C=O) groups is 1. The summed E-state index contributed by atoms with van der Waals surface area (Å²) in [6, 6.07) is 15.5. The summed E-state index contributed by atoms with van der Waals surface area (Å²) in [5.41, 5.74) is 1.92. The molecule has 1 aliphatic rings. The molecule has 0 aromatic heterocycles. The number of halogens is 1. The topological polar surface area (TPSA) is 26.3 Å². The van der Waals surface area contributed by atoms with Crippen molar-refractivity contribution in [2.24, 2.45) is 11.8 Å². The van der Waals surface area contributed by atoms with Crippen LogP contribution in [0.1, 0.15) is 93.5 Å². The number of ether oxygens (including phenoxy) is 1. The van der Waals surface area contributed by atoms with E-state index in [0.29, 0.717) is 11.3 Å². The zero-order valence-corrected chi connectivity index (χ0v) is 21.1. The lowest BCUT2D eigenvalue weighted by molar-refractivity contribution is 0.0734. The second kappa shape index (κ2) is 13.2. The number of unbranched alkanes of at least 4 members (excludes halogenated alkanes) is 3. The highest BCUT2D eigenvalue weighted by atomic mass is 127. The molecule has 2 aromatic rings. The lowest BCUT2D eigenvalue weighted by Crippen LogP contribution is -2.14. The average molecular weight is 533 g/mol. The maximum Gasteiger partial charge on any atom is 0.343 e. The molecule has 3 rings (SSSR count). The fourth-order valence-electron chi connectivity index (χ4n) is 4.73. The summed E-state index contributed by atoms with van der Waals surface area (Å²) in [6.07, 6.45) is 16.5. The van der Waals surface area contributed by atoms with Gasteiger partial charge in [0, 0.05) is 3.57 Å². The van der Waals surface area contributed by atoms with Gasteiger partial charge in [0.2, 0.25) is 0 Å². The number of rotatable bonds is 11. The van der Waals surface area contributed by atoms with Crippen molar-refractivity contribution in [3.8, 4) is 5.75 Å². The van der Waals surface area contributed by atoms with Crippen LogP contribution in [-0.4, -0.2) is 5.97 Å². The van der Waals surface area contributed by atoms with Crippen molar-refractivity contribution in [3.05, 3.63) is 63.2 Å². The van der Waals surface area contributed by atoms with Crippen LogP contribution in [0.15, 0.2) is 48.5 Å². The minimum absolute atomic E-state index is 0.293. The summed E-state index contributed by atoms with van der Waals surface area (Å²) < 4.78 is 6.58. The molecule has 1 fully saturated rings. The Balaban J connectivity index is 1.32. The molecule has 31 heavy (non-hydrogen) atoms.